The number of nitrogens with zero attached hydrogens (tertiary/aromatic N) is 3. The van der Waals surface area contributed by atoms with Gasteiger partial charge in [0.15, 0.2) is 0 Å². The van der Waals surface area contributed by atoms with E-state index in [1.807, 2.05) is 4.90 Å². The van der Waals surface area contributed by atoms with Crippen molar-refractivity contribution in [2.75, 3.05) is 22.7 Å². The Morgan fingerprint density at radius 2 is 1.88 bits per heavy atom. The van der Waals surface area contributed by atoms with Crippen molar-refractivity contribution in [1.29, 1.82) is 0 Å². The smallest absolute Gasteiger partial charge is 0.236 e. The van der Waals surface area contributed by atoms with E-state index in [0.717, 1.165) is 6.20 Å². The van der Waals surface area contributed by atoms with E-state index in [4.69, 9.17) is 0 Å². The van der Waals surface area contributed by atoms with E-state index in [1.165, 1.54) is 24.4 Å². The van der Waals surface area contributed by atoms with Crippen molar-refractivity contribution in [2.45, 2.75) is 18.1 Å². The molecule has 0 aliphatic carbocycles. The lowest BCUT2D eigenvalue weighted by Crippen LogP contribution is -2.41. The van der Waals surface area contributed by atoms with Crippen LogP contribution < -0.4 is 9.62 Å². The second kappa shape index (κ2) is 6.60. The van der Waals surface area contributed by atoms with Crippen LogP contribution >= 0.6 is 0 Å². The van der Waals surface area contributed by atoms with Gasteiger partial charge in [-0.05, 0) is 37.1 Å². The van der Waals surface area contributed by atoms with E-state index >= 15 is 0 Å². The summed E-state index contributed by atoms with van der Waals surface area (Å²) in [6.45, 7) is 1.04. The Kier molecular flexibility index (Phi) is 4.52. The lowest BCUT2D eigenvalue weighted by Gasteiger charge is -2.32. The number of piperidine rings is 1. The van der Waals surface area contributed by atoms with Crippen LogP contribution in [0.4, 0.5) is 16.0 Å². The van der Waals surface area contributed by atoms with Gasteiger partial charge in [-0.15, -0.1) is 0 Å². The maximum atomic E-state index is 12.9. The van der Waals surface area contributed by atoms with Gasteiger partial charge in [0.2, 0.25) is 10.0 Å². The number of halogens is 1. The highest BCUT2D eigenvalue weighted by molar-refractivity contribution is 7.93. The lowest BCUT2D eigenvalue weighted by molar-refractivity contribution is 0.473. The molecule has 0 unspecified atom stereocenters. The monoisotopic (exact) mass is 352 g/mol. The molecule has 1 fully saturated rings. The summed E-state index contributed by atoms with van der Waals surface area (Å²) in [6.07, 6.45) is 3.20. The zero-order chi connectivity index (χ0) is 17.2. The Bertz CT molecular complexity index is 788. The third kappa shape index (κ3) is 3.73. The number of aromatic nitrogens is 2. The van der Waals surface area contributed by atoms with Crippen LogP contribution in [0.2, 0.25) is 0 Å². The Morgan fingerprint density at radius 1 is 1.12 bits per heavy atom. The van der Waals surface area contributed by atoms with Gasteiger partial charge in [-0.3, -0.25) is 4.72 Å². The summed E-state index contributed by atoms with van der Waals surface area (Å²) in [7, 11) is -3.56. The zero-order valence-corrected chi connectivity index (χ0v) is 13.6. The minimum atomic E-state index is -3.56. The summed E-state index contributed by atoms with van der Waals surface area (Å²) in [5.74, 6) is 0.385. The molecule has 0 bridgehead atoms. The fourth-order valence-corrected chi connectivity index (χ4v) is 4.04. The van der Waals surface area contributed by atoms with E-state index < -0.39 is 21.1 Å². The molecule has 0 spiro atoms. The topological polar surface area (TPSA) is 95.4 Å². The van der Waals surface area contributed by atoms with E-state index in [2.05, 4.69) is 14.7 Å². The van der Waals surface area contributed by atoms with Crippen LogP contribution in [0, 0.1) is 5.82 Å². The van der Waals surface area contributed by atoms with Crippen LogP contribution in [-0.4, -0.2) is 41.8 Å². The molecule has 0 aromatic carbocycles. The summed E-state index contributed by atoms with van der Waals surface area (Å²) < 4.78 is 40.2. The molecular weight excluding hydrogens is 335 g/mol. The third-order valence-corrected chi connectivity index (χ3v) is 5.75. The molecule has 1 saturated heterocycles. The Balaban J connectivity index is 1.62. The van der Waals surface area contributed by atoms with Gasteiger partial charge in [0, 0.05) is 13.1 Å². The first-order valence-electron chi connectivity index (χ1n) is 7.47. The van der Waals surface area contributed by atoms with Gasteiger partial charge in [-0.25, -0.2) is 22.8 Å². The minimum absolute atomic E-state index is 0.0296. The second-order valence-electron chi connectivity index (χ2n) is 5.57. The van der Waals surface area contributed by atoms with E-state index in [1.54, 1.807) is 6.07 Å². The summed E-state index contributed by atoms with van der Waals surface area (Å²) in [5, 5.41) is 8.65. The number of aromatic hydroxyl groups is 1. The number of pyridine rings is 2. The molecule has 0 saturated carbocycles. The van der Waals surface area contributed by atoms with Gasteiger partial charge >= 0.3 is 0 Å². The van der Waals surface area contributed by atoms with Gasteiger partial charge in [0.25, 0.3) is 0 Å². The molecule has 1 aliphatic heterocycles. The number of sulfonamides is 1. The fourth-order valence-electron chi connectivity index (χ4n) is 2.63. The molecule has 2 aromatic heterocycles. The first-order valence-corrected chi connectivity index (χ1v) is 9.02. The molecule has 3 rings (SSSR count). The molecule has 2 aromatic rings. The molecule has 9 heteroatoms. The molecule has 7 nitrogen and oxygen atoms in total. The normalized spacial score (nSPS) is 16.1. The van der Waals surface area contributed by atoms with Gasteiger partial charge < -0.3 is 10.0 Å². The van der Waals surface area contributed by atoms with Gasteiger partial charge in [-0.2, -0.15) is 0 Å². The molecule has 3 heterocycles. The highest BCUT2D eigenvalue weighted by Crippen LogP contribution is 2.23. The van der Waals surface area contributed by atoms with Crippen LogP contribution in [-0.2, 0) is 10.0 Å². The van der Waals surface area contributed by atoms with Crippen LogP contribution in [0.15, 0.2) is 36.7 Å². The maximum absolute atomic E-state index is 12.9. The molecule has 24 heavy (non-hydrogen) atoms. The summed E-state index contributed by atoms with van der Waals surface area (Å²) in [4.78, 5) is 9.78. The molecule has 0 atom stereocenters. The molecule has 1 aliphatic rings. The van der Waals surface area contributed by atoms with Crippen LogP contribution in [0.1, 0.15) is 12.8 Å². The van der Waals surface area contributed by atoms with Crippen molar-refractivity contribution in [1.82, 2.24) is 9.97 Å². The average Bonchev–Trinajstić information content (AvgIpc) is 2.58. The van der Waals surface area contributed by atoms with Crippen molar-refractivity contribution in [3.63, 3.8) is 0 Å². The van der Waals surface area contributed by atoms with Crippen LogP contribution in [0.25, 0.3) is 0 Å². The summed E-state index contributed by atoms with van der Waals surface area (Å²) in [6, 6.07) is 5.70. The Hall–Kier alpha value is -2.42. The minimum Gasteiger partial charge on any atom is -0.506 e. The van der Waals surface area contributed by atoms with Crippen molar-refractivity contribution in [3.05, 3.63) is 42.5 Å². The summed E-state index contributed by atoms with van der Waals surface area (Å²) >= 11 is 0. The molecular formula is C15H17FN4O3S. The molecule has 0 amide bonds. The first kappa shape index (κ1) is 16.4. The van der Waals surface area contributed by atoms with Gasteiger partial charge in [0.05, 0.1) is 17.6 Å². The van der Waals surface area contributed by atoms with E-state index in [9.17, 15) is 17.9 Å². The van der Waals surface area contributed by atoms with Crippen molar-refractivity contribution in [3.8, 4) is 5.75 Å². The third-order valence-electron chi connectivity index (χ3n) is 3.91. The standard InChI is InChI=1S/C15H17FN4O3S/c16-11-1-4-15(18-9-11)20-7-5-13(6-8-20)24(22,23)19-14-3-2-12(21)10-17-14/h1-4,9-10,13,21H,5-8H2,(H,17,19). The maximum Gasteiger partial charge on any atom is 0.236 e. The lowest BCUT2D eigenvalue weighted by atomic mass is 10.1. The highest BCUT2D eigenvalue weighted by Gasteiger charge is 2.30. The Labute approximate surface area is 139 Å². The first-order chi connectivity index (χ1) is 11.4. The summed E-state index contributed by atoms with van der Waals surface area (Å²) in [5.41, 5.74) is 0. The predicted octanol–water partition coefficient (Wildman–Crippen LogP) is 1.73. The SMILES string of the molecule is O=S(=O)(Nc1ccc(O)cn1)C1CCN(c2ccc(F)cn2)CC1. The fraction of sp³-hybridized carbons (Fsp3) is 0.333. The van der Waals surface area contributed by atoms with Crippen molar-refractivity contribution in [2.24, 2.45) is 0 Å². The Morgan fingerprint density at radius 3 is 2.46 bits per heavy atom. The van der Waals surface area contributed by atoms with Crippen molar-refractivity contribution < 1.29 is 17.9 Å². The highest BCUT2D eigenvalue weighted by atomic mass is 32.2. The average molecular weight is 352 g/mol. The van der Waals surface area contributed by atoms with E-state index in [-0.39, 0.29) is 11.6 Å². The zero-order valence-electron chi connectivity index (χ0n) is 12.8. The number of hydrogen-bond donors (Lipinski definition) is 2. The predicted molar refractivity (Wildman–Crippen MR) is 87.9 cm³/mol. The molecule has 0 radical (unpaired) electrons. The van der Waals surface area contributed by atoms with Crippen molar-refractivity contribution >= 4 is 21.7 Å². The molecule has 128 valence electrons. The quantitative estimate of drug-likeness (QED) is 0.870. The van der Waals surface area contributed by atoms with Crippen LogP contribution in [0.3, 0.4) is 0 Å². The number of anilines is 2. The number of hydrogen-bond acceptors (Lipinski definition) is 6. The van der Waals surface area contributed by atoms with Crippen LogP contribution in [0.5, 0.6) is 5.75 Å². The largest absolute Gasteiger partial charge is 0.506 e. The van der Waals surface area contributed by atoms with E-state index in [0.29, 0.717) is 31.7 Å². The molecule has 2 N–H and O–H groups in total. The second-order valence-corrected chi connectivity index (χ2v) is 7.53. The number of nitrogens with one attached hydrogen (secondary N) is 1. The van der Waals surface area contributed by atoms with Gasteiger partial charge in [0.1, 0.15) is 23.2 Å². The number of rotatable bonds is 4. The van der Waals surface area contributed by atoms with Gasteiger partial charge in [-0.1, -0.05) is 0 Å².